The minimum atomic E-state index is -0.606. The Morgan fingerprint density at radius 1 is 0.686 bits per heavy atom. The monoisotopic (exact) mass is 693 g/mol. The first-order valence-corrected chi connectivity index (χ1v) is 17.0. The molecule has 0 aliphatic heterocycles. The van der Waals surface area contributed by atoms with Crippen molar-refractivity contribution in [2.45, 2.75) is 10.1 Å². The molecule has 0 heterocycles. The second kappa shape index (κ2) is 16.4. The number of ether oxygens (including phenoxy) is 2. The number of anilines is 2. The summed E-state index contributed by atoms with van der Waals surface area (Å²) in [5, 5.41) is 10.1. The van der Waals surface area contributed by atoms with Gasteiger partial charge in [-0.15, -0.1) is 11.8 Å². The third-order valence-corrected chi connectivity index (χ3v) is 9.29. The summed E-state index contributed by atoms with van der Waals surface area (Å²) in [6.45, 7) is 0. The van der Waals surface area contributed by atoms with Crippen LogP contribution < -0.4 is 25.4 Å². The Labute approximate surface area is 300 Å². The summed E-state index contributed by atoms with van der Waals surface area (Å²) in [5.74, 6) is -0.0352. The molecular formula is C42H35N3O5S. The molecule has 0 bridgehead atoms. The van der Waals surface area contributed by atoms with Crippen LogP contribution in [0.15, 0.2) is 156 Å². The highest BCUT2D eigenvalue weighted by molar-refractivity contribution is 8.00. The van der Waals surface area contributed by atoms with Crippen LogP contribution in [-0.2, 0) is 9.59 Å². The zero-order valence-electron chi connectivity index (χ0n) is 28.0. The number of rotatable bonds is 12. The van der Waals surface area contributed by atoms with Gasteiger partial charge in [-0.3, -0.25) is 14.4 Å². The highest BCUT2D eigenvalue weighted by Crippen LogP contribution is 2.38. The van der Waals surface area contributed by atoms with Crippen LogP contribution in [0.1, 0.15) is 26.7 Å². The van der Waals surface area contributed by atoms with Crippen molar-refractivity contribution in [3.63, 3.8) is 0 Å². The summed E-state index contributed by atoms with van der Waals surface area (Å²) < 4.78 is 10.8. The van der Waals surface area contributed by atoms with Crippen LogP contribution in [0.4, 0.5) is 11.4 Å². The van der Waals surface area contributed by atoms with E-state index in [-0.39, 0.29) is 11.6 Å². The van der Waals surface area contributed by atoms with Gasteiger partial charge in [0.05, 0.1) is 19.9 Å². The van der Waals surface area contributed by atoms with Crippen LogP contribution in [0.3, 0.4) is 0 Å². The molecule has 1 atom stereocenters. The minimum Gasteiger partial charge on any atom is -0.497 e. The molecule has 0 spiro atoms. The predicted octanol–water partition coefficient (Wildman–Crippen LogP) is 8.74. The van der Waals surface area contributed by atoms with Crippen molar-refractivity contribution < 1.29 is 23.9 Å². The Bertz CT molecular complexity index is 2180. The van der Waals surface area contributed by atoms with E-state index in [0.717, 1.165) is 26.8 Å². The molecule has 8 nitrogen and oxygen atoms in total. The van der Waals surface area contributed by atoms with E-state index in [4.69, 9.17) is 9.47 Å². The van der Waals surface area contributed by atoms with Crippen molar-refractivity contribution in [1.29, 1.82) is 0 Å². The standard InChI is InChI=1S/C42H35N3O5S/c1-49-33-22-25-38(50-2)36(27-33)44-42(48)39(29-13-5-3-6-14-29)51-34-23-20-32(21-24-34)43-41(47)37(45-40(46)30-15-7-4-8-16-30)26-31-18-11-17-28-12-9-10-19-35(28)31/h3-27,39H,1-2H3,(H,43,47)(H,44,48)(H,45,46)/b37-26-. The lowest BCUT2D eigenvalue weighted by atomic mass is 10.0. The molecule has 9 heteroatoms. The minimum absolute atomic E-state index is 0.0902. The average Bonchev–Trinajstić information content (AvgIpc) is 3.18. The van der Waals surface area contributed by atoms with Crippen molar-refractivity contribution in [2.24, 2.45) is 0 Å². The number of carbonyl (C=O) groups is 3. The largest absolute Gasteiger partial charge is 0.497 e. The van der Waals surface area contributed by atoms with Gasteiger partial charge in [-0.1, -0.05) is 91.0 Å². The second-order valence-electron chi connectivity index (χ2n) is 11.4. The highest BCUT2D eigenvalue weighted by atomic mass is 32.2. The first-order chi connectivity index (χ1) is 24.9. The quantitative estimate of drug-likeness (QED) is 0.0875. The number of fused-ring (bicyclic) bond motifs is 1. The average molecular weight is 694 g/mol. The van der Waals surface area contributed by atoms with Gasteiger partial charge in [0.2, 0.25) is 5.91 Å². The van der Waals surface area contributed by atoms with Gasteiger partial charge in [0, 0.05) is 22.2 Å². The molecule has 0 radical (unpaired) electrons. The summed E-state index contributed by atoms with van der Waals surface area (Å²) in [7, 11) is 3.10. The molecule has 3 amide bonds. The van der Waals surface area contributed by atoms with Crippen LogP contribution in [0, 0.1) is 0 Å². The van der Waals surface area contributed by atoms with E-state index in [9.17, 15) is 14.4 Å². The maximum atomic E-state index is 13.8. The first kappa shape index (κ1) is 34.5. The van der Waals surface area contributed by atoms with E-state index in [0.29, 0.717) is 28.4 Å². The predicted molar refractivity (Wildman–Crippen MR) is 204 cm³/mol. The van der Waals surface area contributed by atoms with E-state index in [1.807, 2.05) is 91.0 Å². The molecule has 0 aromatic heterocycles. The third kappa shape index (κ3) is 8.65. The van der Waals surface area contributed by atoms with E-state index in [2.05, 4.69) is 16.0 Å². The molecule has 51 heavy (non-hydrogen) atoms. The molecule has 3 N–H and O–H groups in total. The molecule has 1 unspecified atom stereocenters. The Morgan fingerprint density at radius 2 is 1.37 bits per heavy atom. The normalized spacial score (nSPS) is 11.7. The van der Waals surface area contributed by atoms with E-state index in [1.54, 1.807) is 74.9 Å². The molecule has 0 aliphatic carbocycles. The fraction of sp³-hybridized carbons (Fsp3) is 0.0714. The Kier molecular flexibility index (Phi) is 11.1. The molecule has 0 aliphatic rings. The van der Waals surface area contributed by atoms with Crippen LogP contribution >= 0.6 is 11.8 Å². The topological polar surface area (TPSA) is 106 Å². The van der Waals surface area contributed by atoms with Gasteiger partial charge in [-0.2, -0.15) is 0 Å². The van der Waals surface area contributed by atoms with Gasteiger partial charge < -0.3 is 25.4 Å². The number of nitrogens with one attached hydrogen (secondary N) is 3. The lowest BCUT2D eigenvalue weighted by Gasteiger charge is -2.19. The van der Waals surface area contributed by atoms with Crippen LogP contribution in [0.2, 0.25) is 0 Å². The van der Waals surface area contributed by atoms with Crippen LogP contribution in [-0.4, -0.2) is 31.9 Å². The number of thioether (sulfide) groups is 1. The lowest BCUT2D eigenvalue weighted by molar-refractivity contribution is -0.116. The number of methoxy groups -OCH3 is 2. The number of hydrogen-bond acceptors (Lipinski definition) is 6. The maximum absolute atomic E-state index is 13.8. The molecule has 0 saturated carbocycles. The lowest BCUT2D eigenvalue weighted by Crippen LogP contribution is -2.30. The Hall–Kier alpha value is -6.32. The maximum Gasteiger partial charge on any atom is 0.272 e. The second-order valence-corrected chi connectivity index (χ2v) is 12.6. The Balaban J connectivity index is 1.23. The molecule has 0 fully saturated rings. The Morgan fingerprint density at radius 3 is 2.10 bits per heavy atom. The number of carbonyl (C=O) groups excluding carboxylic acids is 3. The summed E-state index contributed by atoms with van der Waals surface area (Å²) in [4.78, 5) is 41.5. The third-order valence-electron chi connectivity index (χ3n) is 8.02. The van der Waals surface area contributed by atoms with Crippen molar-refractivity contribution in [3.8, 4) is 11.5 Å². The van der Waals surface area contributed by atoms with Gasteiger partial charge >= 0.3 is 0 Å². The summed E-state index contributed by atoms with van der Waals surface area (Å²) >= 11 is 1.37. The summed E-state index contributed by atoms with van der Waals surface area (Å²) in [6, 6.07) is 44.3. The van der Waals surface area contributed by atoms with E-state index >= 15 is 0 Å². The fourth-order valence-corrected chi connectivity index (χ4v) is 6.46. The first-order valence-electron chi connectivity index (χ1n) is 16.1. The van der Waals surface area contributed by atoms with Crippen molar-refractivity contribution >= 4 is 57.7 Å². The van der Waals surface area contributed by atoms with Gasteiger partial charge in [0.25, 0.3) is 11.8 Å². The zero-order valence-corrected chi connectivity index (χ0v) is 28.8. The molecule has 254 valence electrons. The number of hydrogen-bond donors (Lipinski definition) is 3. The van der Waals surface area contributed by atoms with Gasteiger partial charge in [0.15, 0.2) is 0 Å². The van der Waals surface area contributed by atoms with Crippen molar-refractivity contribution in [1.82, 2.24) is 5.32 Å². The van der Waals surface area contributed by atoms with Gasteiger partial charge in [-0.25, -0.2) is 0 Å². The summed E-state index contributed by atoms with van der Waals surface area (Å²) in [5.41, 5.74) is 3.13. The van der Waals surface area contributed by atoms with E-state index in [1.165, 1.54) is 11.8 Å². The zero-order chi connectivity index (χ0) is 35.6. The fourth-order valence-electron chi connectivity index (χ4n) is 5.44. The van der Waals surface area contributed by atoms with Gasteiger partial charge in [-0.05, 0) is 76.5 Å². The highest BCUT2D eigenvalue weighted by Gasteiger charge is 2.24. The van der Waals surface area contributed by atoms with Crippen LogP contribution in [0.5, 0.6) is 11.5 Å². The molecule has 0 saturated heterocycles. The van der Waals surface area contributed by atoms with Crippen molar-refractivity contribution in [2.75, 3.05) is 24.9 Å². The number of benzene rings is 6. The number of amides is 3. The molecule has 6 aromatic carbocycles. The van der Waals surface area contributed by atoms with Crippen molar-refractivity contribution in [3.05, 3.63) is 168 Å². The van der Waals surface area contributed by atoms with E-state index < -0.39 is 17.1 Å². The van der Waals surface area contributed by atoms with Gasteiger partial charge in [0.1, 0.15) is 22.4 Å². The SMILES string of the molecule is COc1ccc(OC)c(NC(=O)C(Sc2ccc(NC(=O)/C(=C/c3cccc4ccccc34)NC(=O)c3ccccc3)cc2)c2ccccc2)c1. The summed E-state index contributed by atoms with van der Waals surface area (Å²) in [6.07, 6.45) is 1.68. The molecule has 6 rings (SSSR count). The molecular weight excluding hydrogens is 659 g/mol. The molecule has 6 aromatic rings. The van der Waals surface area contributed by atoms with Crippen LogP contribution in [0.25, 0.3) is 16.8 Å². The smallest absolute Gasteiger partial charge is 0.272 e.